The lowest BCUT2D eigenvalue weighted by Gasteiger charge is -2.30. The number of rotatable bonds is 3. The first-order valence-electron chi connectivity index (χ1n) is 5.91. The molecule has 20 heavy (non-hydrogen) atoms. The van der Waals surface area contributed by atoms with Crippen LogP contribution >= 0.6 is 23.4 Å². The third kappa shape index (κ3) is 3.11. The number of carbonyl (C=O) groups is 1. The lowest BCUT2D eigenvalue weighted by molar-refractivity contribution is -0.140. The maximum Gasteiger partial charge on any atom is 0.320 e. The SMILES string of the molecule is COC(=O)[C@@H]1CN(S(=O)(=O)c2ccccc2Cl)CCS1. The van der Waals surface area contributed by atoms with Gasteiger partial charge in [-0.05, 0) is 12.1 Å². The Labute approximate surface area is 127 Å². The summed E-state index contributed by atoms with van der Waals surface area (Å²) in [6, 6.07) is 6.29. The van der Waals surface area contributed by atoms with E-state index in [0.29, 0.717) is 12.3 Å². The number of sulfonamides is 1. The Morgan fingerprint density at radius 3 is 2.80 bits per heavy atom. The summed E-state index contributed by atoms with van der Waals surface area (Å²) in [5.41, 5.74) is 0. The van der Waals surface area contributed by atoms with Gasteiger partial charge in [0.25, 0.3) is 0 Å². The molecule has 1 aliphatic heterocycles. The molecule has 0 aromatic heterocycles. The van der Waals surface area contributed by atoms with Crippen molar-refractivity contribution >= 4 is 39.4 Å². The number of nitrogens with zero attached hydrogens (tertiary/aromatic N) is 1. The van der Waals surface area contributed by atoms with Crippen LogP contribution in [-0.4, -0.2) is 49.9 Å². The van der Waals surface area contributed by atoms with Gasteiger partial charge in [-0.3, -0.25) is 4.79 Å². The van der Waals surface area contributed by atoms with Crippen LogP contribution in [0, 0.1) is 0 Å². The van der Waals surface area contributed by atoms with Gasteiger partial charge in [0, 0.05) is 18.8 Å². The molecule has 5 nitrogen and oxygen atoms in total. The molecule has 110 valence electrons. The molecule has 0 unspecified atom stereocenters. The molecule has 1 saturated heterocycles. The second kappa shape index (κ2) is 6.34. The van der Waals surface area contributed by atoms with Gasteiger partial charge in [0.1, 0.15) is 10.1 Å². The fraction of sp³-hybridized carbons (Fsp3) is 0.417. The van der Waals surface area contributed by atoms with E-state index in [1.807, 2.05) is 0 Å². The number of halogens is 1. The number of benzene rings is 1. The third-order valence-electron chi connectivity index (χ3n) is 2.95. The zero-order valence-electron chi connectivity index (χ0n) is 10.8. The lowest BCUT2D eigenvalue weighted by Crippen LogP contribution is -2.44. The highest BCUT2D eigenvalue weighted by Crippen LogP contribution is 2.28. The van der Waals surface area contributed by atoms with E-state index in [-0.39, 0.29) is 16.5 Å². The smallest absolute Gasteiger partial charge is 0.320 e. The molecule has 0 bridgehead atoms. The molecule has 1 aromatic rings. The second-order valence-corrected chi connectivity index (χ2v) is 7.80. The van der Waals surface area contributed by atoms with Crippen LogP contribution in [0.15, 0.2) is 29.2 Å². The number of carbonyl (C=O) groups excluding carboxylic acids is 1. The van der Waals surface area contributed by atoms with E-state index in [9.17, 15) is 13.2 Å². The summed E-state index contributed by atoms with van der Waals surface area (Å²) in [6.07, 6.45) is 0. The third-order valence-corrected chi connectivity index (χ3v) is 6.47. The molecule has 0 radical (unpaired) electrons. The summed E-state index contributed by atoms with van der Waals surface area (Å²) in [5.74, 6) is 0.137. The van der Waals surface area contributed by atoms with Crippen molar-refractivity contribution in [2.75, 3.05) is 26.0 Å². The van der Waals surface area contributed by atoms with Gasteiger partial charge in [-0.15, -0.1) is 11.8 Å². The van der Waals surface area contributed by atoms with Crippen LogP contribution in [0.2, 0.25) is 5.02 Å². The summed E-state index contributed by atoms with van der Waals surface area (Å²) in [4.78, 5) is 11.6. The van der Waals surface area contributed by atoms with Gasteiger partial charge in [0.05, 0.1) is 12.1 Å². The van der Waals surface area contributed by atoms with Crippen LogP contribution in [0.5, 0.6) is 0 Å². The monoisotopic (exact) mass is 335 g/mol. The predicted octanol–water partition coefficient (Wildman–Crippen LogP) is 1.62. The topological polar surface area (TPSA) is 63.7 Å². The number of esters is 1. The number of thioether (sulfide) groups is 1. The van der Waals surface area contributed by atoms with Crippen LogP contribution < -0.4 is 0 Å². The maximum absolute atomic E-state index is 12.5. The van der Waals surface area contributed by atoms with E-state index in [4.69, 9.17) is 11.6 Å². The fourth-order valence-corrected chi connectivity index (χ4v) is 5.20. The minimum absolute atomic E-state index is 0.0668. The Morgan fingerprint density at radius 2 is 2.15 bits per heavy atom. The predicted molar refractivity (Wildman–Crippen MR) is 78.5 cm³/mol. The first-order chi connectivity index (χ1) is 9.46. The average Bonchev–Trinajstić information content (AvgIpc) is 2.47. The highest BCUT2D eigenvalue weighted by Gasteiger charge is 2.35. The highest BCUT2D eigenvalue weighted by molar-refractivity contribution is 8.00. The van der Waals surface area contributed by atoms with Gasteiger partial charge >= 0.3 is 5.97 Å². The molecule has 0 N–H and O–H groups in total. The van der Waals surface area contributed by atoms with Gasteiger partial charge in [0.2, 0.25) is 10.0 Å². The van der Waals surface area contributed by atoms with Crippen LogP contribution in [0.1, 0.15) is 0 Å². The zero-order chi connectivity index (χ0) is 14.8. The summed E-state index contributed by atoms with van der Waals surface area (Å²) in [7, 11) is -2.39. The maximum atomic E-state index is 12.5. The Morgan fingerprint density at radius 1 is 1.45 bits per heavy atom. The van der Waals surface area contributed by atoms with Crippen LogP contribution in [-0.2, 0) is 19.6 Å². The molecule has 1 aliphatic rings. The molecule has 2 rings (SSSR count). The summed E-state index contributed by atoms with van der Waals surface area (Å²) >= 11 is 7.35. The van der Waals surface area contributed by atoms with E-state index < -0.39 is 21.2 Å². The van der Waals surface area contributed by atoms with Gasteiger partial charge in [-0.25, -0.2) is 8.42 Å². The van der Waals surface area contributed by atoms with Crippen molar-refractivity contribution in [1.82, 2.24) is 4.31 Å². The first kappa shape index (κ1) is 15.6. The van der Waals surface area contributed by atoms with Crippen molar-refractivity contribution in [3.05, 3.63) is 29.3 Å². The van der Waals surface area contributed by atoms with E-state index in [1.54, 1.807) is 12.1 Å². The number of methoxy groups -OCH3 is 1. The van der Waals surface area contributed by atoms with Gasteiger partial charge < -0.3 is 4.74 Å². The highest BCUT2D eigenvalue weighted by atomic mass is 35.5. The molecular weight excluding hydrogens is 322 g/mol. The normalized spacial score (nSPS) is 20.6. The van der Waals surface area contributed by atoms with Crippen molar-refractivity contribution in [2.45, 2.75) is 10.1 Å². The molecule has 1 aromatic carbocycles. The van der Waals surface area contributed by atoms with E-state index in [0.717, 1.165) is 0 Å². The molecular formula is C12H14ClNO4S2. The fourth-order valence-electron chi connectivity index (χ4n) is 1.91. The van der Waals surface area contributed by atoms with Crippen molar-refractivity contribution in [2.24, 2.45) is 0 Å². The number of hydrogen-bond donors (Lipinski definition) is 0. The minimum atomic E-state index is -3.69. The van der Waals surface area contributed by atoms with Gasteiger partial charge in [-0.2, -0.15) is 4.31 Å². The molecule has 0 aliphatic carbocycles. The van der Waals surface area contributed by atoms with E-state index >= 15 is 0 Å². The largest absolute Gasteiger partial charge is 0.468 e. The van der Waals surface area contributed by atoms with Crippen molar-refractivity contribution in [1.29, 1.82) is 0 Å². The molecule has 0 spiro atoms. The van der Waals surface area contributed by atoms with Gasteiger partial charge in [-0.1, -0.05) is 23.7 Å². The minimum Gasteiger partial charge on any atom is -0.468 e. The summed E-state index contributed by atoms with van der Waals surface area (Å²) in [5, 5.41) is -0.314. The molecule has 0 saturated carbocycles. The van der Waals surface area contributed by atoms with Crippen LogP contribution in [0.25, 0.3) is 0 Å². The van der Waals surface area contributed by atoms with Crippen molar-refractivity contribution in [3.63, 3.8) is 0 Å². The molecule has 1 heterocycles. The molecule has 1 atom stereocenters. The molecule has 1 fully saturated rings. The van der Waals surface area contributed by atoms with Gasteiger partial charge in [0.15, 0.2) is 0 Å². The standard InChI is InChI=1S/C12H14ClNO4S2/c1-18-12(15)10-8-14(6-7-19-10)20(16,17)11-5-3-2-4-9(11)13/h2-5,10H,6-8H2,1H3/t10-/m0/s1. The Hall–Kier alpha value is -0.760. The van der Waals surface area contributed by atoms with Crippen LogP contribution in [0.4, 0.5) is 0 Å². The Bertz CT molecular complexity index is 605. The van der Waals surface area contributed by atoms with Crippen molar-refractivity contribution < 1.29 is 17.9 Å². The molecule has 8 heteroatoms. The number of ether oxygens (including phenoxy) is 1. The van der Waals surface area contributed by atoms with E-state index in [1.165, 1.54) is 35.3 Å². The average molecular weight is 336 g/mol. The number of hydrogen-bond acceptors (Lipinski definition) is 5. The first-order valence-corrected chi connectivity index (χ1v) is 8.77. The Kier molecular flexibility index (Phi) is 4.95. The van der Waals surface area contributed by atoms with Crippen LogP contribution in [0.3, 0.4) is 0 Å². The van der Waals surface area contributed by atoms with Crippen molar-refractivity contribution in [3.8, 4) is 0 Å². The second-order valence-electron chi connectivity index (χ2n) is 4.18. The quantitative estimate of drug-likeness (QED) is 0.785. The lowest BCUT2D eigenvalue weighted by atomic mass is 10.4. The Balaban J connectivity index is 2.26. The summed E-state index contributed by atoms with van der Waals surface area (Å²) in [6.45, 7) is 0.455. The summed E-state index contributed by atoms with van der Waals surface area (Å²) < 4.78 is 31.0. The molecule has 0 amide bonds. The van der Waals surface area contributed by atoms with E-state index in [2.05, 4.69) is 4.74 Å². The zero-order valence-corrected chi connectivity index (χ0v) is 13.2.